The molecule has 1 nitrogen and oxygen atoms in total. The van der Waals surface area contributed by atoms with Crippen LogP contribution in [0.3, 0.4) is 0 Å². The zero-order valence-corrected chi connectivity index (χ0v) is 12.3. The molecule has 1 rings (SSSR count). The lowest BCUT2D eigenvalue weighted by Gasteiger charge is -2.29. The molecule has 0 saturated carbocycles. The van der Waals surface area contributed by atoms with Crippen molar-refractivity contribution in [2.75, 3.05) is 18.9 Å². The maximum atomic E-state index is 13.6. The van der Waals surface area contributed by atoms with E-state index in [4.69, 9.17) is 27.9 Å². The lowest BCUT2D eigenvalue weighted by atomic mass is 9.81. The average Bonchev–Trinajstić information content (AvgIpc) is 2.38. The Labute approximate surface area is 118 Å². The molecule has 0 bridgehead atoms. The Kier molecular flexibility index (Phi) is 6.24. The first-order chi connectivity index (χ1) is 8.60. The summed E-state index contributed by atoms with van der Waals surface area (Å²) in [7, 11) is 1.46. The second kappa shape index (κ2) is 7.20. The minimum absolute atomic E-state index is 0.154. The van der Waals surface area contributed by atoms with E-state index < -0.39 is 0 Å². The van der Waals surface area contributed by atoms with E-state index in [1.54, 1.807) is 6.07 Å². The molecule has 4 heteroatoms. The van der Waals surface area contributed by atoms with E-state index in [1.165, 1.54) is 13.2 Å². The van der Waals surface area contributed by atoms with E-state index >= 15 is 0 Å². The third kappa shape index (κ3) is 3.76. The standard InChI is InChI=1S/C14H19Cl2FO/c1-3-6-14(9-15,10-16)8-11-4-5-13(18-2)12(17)7-11/h4-5,7H,3,6,8-10H2,1-2H3. The number of hydrogen-bond donors (Lipinski definition) is 0. The molecule has 0 spiro atoms. The SMILES string of the molecule is CCCC(CCl)(CCl)Cc1ccc(OC)c(F)c1. The molecule has 1 aromatic carbocycles. The van der Waals surface area contributed by atoms with Crippen LogP contribution in [-0.2, 0) is 6.42 Å². The predicted octanol–water partition coefficient (Wildman–Crippen LogP) is 4.64. The molecule has 0 fully saturated rings. The molecular weight excluding hydrogens is 274 g/mol. The molecule has 0 unspecified atom stereocenters. The Balaban J connectivity index is 2.90. The number of rotatable bonds is 7. The molecule has 0 atom stereocenters. The van der Waals surface area contributed by atoms with Gasteiger partial charge >= 0.3 is 0 Å². The summed E-state index contributed by atoms with van der Waals surface area (Å²) in [5.74, 6) is 0.886. The molecule has 102 valence electrons. The van der Waals surface area contributed by atoms with E-state index in [2.05, 4.69) is 6.92 Å². The Morgan fingerprint density at radius 1 is 1.28 bits per heavy atom. The highest BCUT2D eigenvalue weighted by molar-refractivity contribution is 6.21. The van der Waals surface area contributed by atoms with E-state index in [9.17, 15) is 4.39 Å². The van der Waals surface area contributed by atoms with E-state index in [-0.39, 0.29) is 17.0 Å². The van der Waals surface area contributed by atoms with Gasteiger partial charge in [0.15, 0.2) is 11.6 Å². The van der Waals surface area contributed by atoms with Gasteiger partial charge in [-0.25, -0.2) is 4.39 Å². The van der Waals surface area contributed by atoms with Gasteiger partial charge in [-0.2, -0.15) is 0 Å². The van der Waals surface area contributed by atoms with Crippen molar-refractivity contribution in [2.45, 2.75) is 26.2 Å². The van der Waals surface area contributed by atoms with Gasteiger partial charge < -0.3 is 4.74 Å². The van der Waals surface area contributed by atoms with Crippen LogP contribution in [0.25, 0.3) is 0 Å². The fourth-order valence-electron chi connectivity index (χ4n) is 2.14. The largest absolute Gasteiger partial charge is 0.494 e. The molecule has 0 aliphatic carbocycles. The fraction of sp³-hybridized carbons (Fsp3) is 0.571. The van der Waals surface area contributed by atoms with Crippen molar-refractivity contribution < 1.29 is 9.13 Å². The van der Waals surface area contributed by atoms with Crippen molar-refractivity contribution in [1.82, 2.24) is 0 Å². The summed E-state index contributed by atoms with van der Waals surface area (Å²) in [6, 6.07) is 5.01. The van der Waals surface area contributed by atoms with Crippen molar-refractivity contribution in [1.29, 1.82) is 0 Å². The molecule has 0 heterocycles. The van der Waals surface area contributed by atoms with Crippen LogP contribution in [0.4, 0.5) is 4.39 Å². The minimum atomic E-state index is -0.343. The summed E-state index contributed by atoms with van der Waals surface area (Å²) in [6.45, 7) is 2.10. The van der Waals surface area contributed by atoms with Crippen molar-refractivity contribution in [3.63, 3.8) is 0 Å². The predicted molar refractivity (Wildman–Crippen MR) is 75.4 cm³/mol. The van der Waals surface area contributed by atoms with Gasteiger partial charge in [0, 0.05) is 17.2 Å². The summed E-state index contributed by atoms with van der Waals surface area (Å²) in [6.07, 6.45) is 2.64. The lowest BCUT2D eigenvalue weighted by Crippen LogP contribution is -2.28. The summed E-state index contributed by atoms with van der Waals surface area (Å²) in [4.78, 5) is 0. The Morgan fingerprint density at radius 3 is 2.39 bits per heavy atom. The zero-order chi connectivity index (χ0) is 13.6. The first-order valence-electron chi connectivity index (χ1n) is 6.05. The number of ether oxygens (including phenoxy) is 1. The van der Waals surface area contributed by atoms with Crippen LogP contribution in [0.15, 0.2) is 18.2 Å². The van der Waals surface area contributed by atoms with Gasteiger partial charge in [0.2, 0.25) is 0 Å². The third-order valence-corrected chi connectivity index (χ3v) is 4.28. The first-order valence-corrected chi connectivity index (χ1v) is 7.12. The Hall–Kier alpha value is -0.470. The molecule has 0 aliphatic rings. The second-order valence-electron chi connectivity index (χ2n) is 4.66. The molecular formula is C14H19Cl2FO. The Morgan fingerprint density at radius 2 is 1.94 bits per heavy atom. The number of benzene rings is 1. The summed E-state index contributed by atoms with van der Waals surface area (Å²) in [5, 5.41) is 0. The van der Waals surface area contributed by atoms with Gasteiger partial charge in [-0.05, 0) is 30.5 Å². The van der Waals surface area contributed by atoms with Gasteiger partial charge in [0.25, 0.3) is 0 Å². The van der Waals surface area contributed by atoms with Gasteiger partial charge in [0.05, 0.1) is 7.11 Å². The van der Waals surface area contributed by atoms with Crippen LogP contribution in [0, 0.1) is 11.2 Å². The van der Waals surface area contributed by atoms with Gasteiger partial charge in [-0.15, -0.1) is 23.2 Å². The van der Waals surface area contributed by atoms with Crippen molar-refractivity contribution in [3.05, 3.63) is 29.6 Å². The molecule has 0 amide bonds. The molecule has 0 aliphatic heterocycles. The average molecular weight is 293 g/mol. The quantitative estimate of drug-likeness (QED) is 0.665. The van der Waals surface area contributed by atoms with Crippen LogP contribution in [0.2, 0.25) is 0 Å². The van der Waals surface area contributed by atoms with Gasteiger partial charge in [-0.1, -0.05) is 19.4 Å². The van der Waals surface area contributed by atoms with E-state index in [1.807, 2.05) is 6.07 Å². The zero-order valence-electron chi connectivity index (χ0n) is 10.8. The van der Waals surface area contributed by atoms with Gasteiger partial charge in [0.1, 0.15) is 0 Å². The minimum Gasteiger partial charge on any atom is -0.494 e. The van der Waals surface area contributed by atoms with Crippen molar-refractivity contribution in [3.8, 4) is 5.75 Å². The summed E-state index contributed by atoms with van der Waals surface area (Å²) >= 11 is 12.1. The Bertz CT molecular complexity index is 378. The highest BCUT2D eigenvalue weighted by Crippen LogP contribution is 2.32. The highest BCUT2D eigenvalue weighted by Gasteiger charge is 2.28. The van der Waals surface area contributed by atoms with Crippen molar-refractivity contribution in [2.24, 2.45) is 5.41 Å². The van der Waals surface area contributed by atoms with E-state index in [0.29, 0.717) is 18.2 Å². The second-order valence-corrected chi connectivity index (χ2v) is 5.20. The molecule has 0 N–H and O–H groups in total. The normalized spacial score (nSPS) is 11.6. The summed E-state index contributed by atoms with van der Waals surface area (Å²) < 4.78 is 18.5. The van der Waals surface area contributed by atoms with Crippen LogP contribution in [-0.4, -0.2) is 18.9 Å². The summed E-state index contributed by atoms with van der Waals surface area (Å²) in [5.41, 5.74) is 0.752. The number of hydrogen-bond acceptors (Lipinski definition) is 1. The number of alkyl halides is 2. The molecule has 0 radical (unpaired) electrons. The van der Waals surface area contributed by atoms with Gasteiger partial charge in [-0.3, -0.25) is 0 Å². The van der Waals surface area contributed by atoms with Crippen molar-refractivity contribution >= 4 is 23.2 Å². The molecule has 0 aromatic heterocycles. The van der Waals surface area contributed by atoms with Crippen LogP contribution < -0.4 is 4.74 Å². The fourth-order valence-corrected chi connectivity index (χ4v) is 2.88. The number of halogens is 3. The smallest absolute Gasteiger partial charge is 0.165 e. The van der Waals surface area contributed by atoms with E-state index in [0.717, 1.165) is 18.4 Å². The van der Waals surface area contributed by atoms with Crippen LogP contribution in [0.1, 0.15) is 25.3 Å². The third-order valence-electron chi connectivity index (χ3n) is 3.14. The highest BCUT2D eigenvalue weighted by atomic mass is 35.5. The molecule has 18 heavy (non-hydrogen) atoms. The molecule has 1 aromatic rings. The monoisotopic (exact) mass is 292 g/mol. The topological polar surface area (TPSA) is 9.23 Å². The first kappa shape index (κ1) is 15.6. The lowest BCUT2D eigenvalue weighted by molar-refractivity contribution is 0.339. The van der Waals surface area contributed by atoms with Crippen LogP contribution in [0.5, 0.6) is 5.75 Å². The maximum Gasteiger partial charge on any atom is 0.165 e. The number of methoxy groups -OCH3 is 1. The maximum absolute atomic E-state index is 13.6. The molecule has 0 saturated heterocycles. The van der Waals surface area contributed by atoms with Crippen LogP contribution >= 0.6 is 23.2 Å².